The van der Waals surface area contributed by atoms with Crippen LogP contribution in [0.15, 0.2) is 12.1 Å². The zero-order valence-corrected chi connectivity index (χ0v) is 9.50. The number of aliphatic hydroxyl groups is 1. The SMILES string of the molecule is O=C(c1c(F)cc(F)cc1F)N1CCC[C@@H]1CO. The zero-order valence-electron chi connectivity index (χ0n) is 9.50. The molecule has 1 heterocycles. The molecule has 1 aromatic rings. The van der Waals surface area contributed by atoms with Crippen molar-refractivity contribution in [3.8, 4) is 0 Å². The Kier molecular flexibility index (Phi) is 3.56. The molecule has 1 saturated heterocycles. The molecule has 0 saturated carbocycles. The molecule has 0 unspecified atom stereocenters. The average molecular weight is 259 g/mol. The van der Waals surface area contributed by atoms with Crippen molar-refractivity contribution < 1.29 is 23.1 Å². The van der Waals surface area contributed by atoms with Crippen molar-refractivity contribution in [1.29, 1.82) is 0 Å². The molecule has 6 heteroatoms. The number of aliphatic hydroxyl groups excluding tert-OH is 1. The molecule has 0 bridgehead atoms. The van der Waals surface area contributed by atoms with Gasteiger partial charge in [0, 0.05) is 18.7 Å². The summed E-state index contributed by atoms with van der Waals surface area (Å²) in [7, 11) is 0. The highest BCUT2D eigenvalue weighted by Crippen LogP contribution is 2.23. The Hall–Kier alpha value is -1.56. The third-order valence-electron chi connectivity index (χ3n) is 3.07. The topological polar surface area (TPSA) is 40.5 Å². The fourth-order valence-corrected chi connectivity index (χ4v) is 2.18. The Balaban J connectivity index is 2.34. The van der Waals surface area contributed by atoms with Crippen LogP contribution in [0.25, 0.3) is 0 Å². The van der Waals surface area contributed by atoms with Gasteiger partial charge in [0.15, 0.2) is 0 Å². The van der Waals surface area contributed by atoms with Crippen molar-refractivity contribution in [2.24, 2.45) is 0 Å². The minimum atomic E-state index is -1.22. The van der Waals surface area contributed by atoms with Gasteiger partial charge in [-0.15, -0.1) is 0 Å². The molecular formula is C12H12F3NO2. The van der Waals surface area contributed by atoms with E-state index in [-0.39, 0.29) is 6.61 Å². The molecule has 1 atom stereocenters. The third-order valence-corrected chi connectivity index (χ3v) is 3.07. The van der Waals surface area contributed by atoms with E-state index in [4.69, 9.17) is 5.11 Å². The summed E-state index contributed by atoms with van der Waals surface area (Å²) in [5.74, 6) is -4.36. The number of rotatable bonds is 2. The van der Waals surface area contributed by atoms with Crippen LogP contribution in [0.1, 0.15) is 23.2 Å². The molecule has 0 radical (unpaired) electrons. The van der Waals surface area contributed by atoms with Crippen LogP contribution in [0.3, 0.4) is 0 Å². The second-order valence-corrected chi connectivity index (χ2v) is 4.22. The summed E-state index contributed by atoms with van der Waals surface area (Å²) in [6, 6.07) is 0.516. The van der Waals surface area contributed by atoms with Crippen LogP contribution in [0, 0.1) is 17.5 Å². The van der Waals surface area contributed by atoms with E-state index < -0.39 is 35.0 Å². The lowest BCUT2D eigenvalue weighted by atomic mass is 10.1. The van der Waals surface area contributed by atoms with Gasteiger partial charge < -0.3 is 10.0 Å². The van der Waals surface area contributed by atoms with E-state index >= 15 is 0 Å². The molecule has 3 nitrogen and oxygen atoms in total. The molecule has 18 heavy (non-hydrogen) atoms. The Bertz CT molecular complexity index is 455. The number of carbonyl (C=O) groups is 1. The number of likely N-dealkylation sites (tertiary alicyclic amines) is 1. The van der Waals surface area contributed by atoms with E-state index in [0.717, 1.165) is 0 Å². The zero-order chi connectivity index (χ0) is 13.3. The summed E-state index contributed by atoms with van der Waals surface area (Å²) >= 11 is 0. The first-order chi connectivity index (χ1) is 8.54. The van der Waals surface area contributed by atoms with Crippen LogP contribution >= 0.6 is 0 Å². The number of hydrogen-bond acceptors (Lipinski definition) is 2. The maximum atomic E-state index is 13.5. The normalized spacial score (nSPS) is 19.3. The van der Waals surface area contributed by atoms with Crippen LogP contribution in [0.4, 0.5) is 13.2 Å². The number of benzene rings is 1. The summed E-state index contributed by atoms with van der Waals surface area (Å²) < 4.78 is 39.7. The Labute approximate surface area is 102 Å². The largest absolute Gasteiger partial charge is 0.394 e. The molecule has 0 aliphatic carbocycles. The van der Waals surface area contributed by atoms with Gasteiger partial charge in [-0.05, 0) is 12.8 Å². The lowest BCUT2D eigenvalue weighted by Gasteiger charge is -2.23. The van der Waals surface area contributed by atoms with E-state index in [1.807, 2.05) is 0 Å². The first kappa shape index (κ1) is 12.9. The maximum absolute atomic E-state index is 13.5. The highest BCUT2D eigenvalue weighted by molar-refractivity contribution is 5.95. The van der Waals surface area contributed by atoms with Gasteiger partial charge in [-0.3, -0.25) is 4.79 Å². The van der Waals surface area contributed by atoms with E-state index in [9.17, 15) is 18.0 Å². The average Bonchev–Trinajstić information content (AvgIpc) is 2.75. The number of halogens is 3. The molecule has 1 aliphatic rings. The number of hydrogen-bond donors (Lipinski definition) is 1. The molecule has 0 aromatic heterocycles. The summed E-state index contributed by atoms with van der Waals surface area (Å²) in [5, 5.41) is 9.07. The van der Waals surface area contributed by atoms with E-state index in [0.29, 0.717) is 31.5 Å². The van der Waals surface area contributed by atoms with Crippen molar-refractivity contribution in [1.82, 2.24) is 4.90 Å². The standard InChI is InChI=1S/C12H12F3NO2/c13-7-4-9(14)11(10(15)5-7)12(18)16-3-1-2-8(16)6-17/h4-5,8,17H,1-3,6H2/t8-/m1/s1. The first-order valence-electron chi connectivity index (χ1n) is 5.61. The van der Waals surface area contributed by atoms with Crippen LogP contribution in [-0.2, 0) is 0 Å². The summed E-state index contributed by atoms with van der Waals surface area (Å²) in [5.41, 5.74) is -0.767. The predicted octanol–water partition coefficient (Wildman–Crippen LogP) is 1.70. The van der Waals surface area contributed by atoms with Gasteiger partial charge in [-0.25, -0.2) is 13.2 Å². The summed E-state index contributed by atoms with van der Waals surface area (Å²) in [4.78, 5) is 13.2. The number of nitrogens with zero attached hydrogens (tertiary/aromatic N) is 1. The van der Waals surface area contributed by atoms with Crippen molar-refractivity contribution >= 4 is 5.91 Å². The number of amides is 1. The van der Waals surface area contributed by atoms with Crippen LogP contribution in [0.5, 0.6) is 0 Å². The van der Waals surface area contributed by atoms with E-state index in [1.165, 1.54) is 4.90 Å². The first-order valence-corrected chi connectivity index (χ1v) is 5.61. The third kappa shape index (κ3) is 2.20. The monoisotopic (exact) mass is 259 g/mol. The predicted molar refractivity (Wildman–Crippen MR) is 57.5 cm³/mol. The molecule has 1 N–H and O–H groups in total. The van der Waals surface area contributed by atoms with Crippen LogP contribution in [0.2, 0.25) is 0 Å². The van der Waals surface area contributed by atoms with E-state index in [2.05, 4.69) is 0 Å². The Morgan fingerprint density at radius 2 is 1.94 bits per heavy atom. The lowest BCUT2D eigenvalue weighted by molar-refractivity contribution is 0.0667. The lowest BCUT2D eigenvalue weighted by Crippen LogP contribution is -2.38. The quantitative estimate of drug-likeness (QED) is 0.878. The molecule has 2 rings (SSSR count). The summed E-state index contributed by atoms with van der Waals surface area (Å²) in [6.07, 6.45) is 1.26. The van der Waals surface area contributed by atoms with Gasteiger partial charge >= 0.3 is 0 Å². The van der Waals surface area contributed by atoms with Crippen molar-refractivity contribution in [3.05, 3.63) is 35.1 Å². The highest BCUT2D eigenvalue weighted by Gasteiger charge is 2.32. The molecule has 1 aliphatic heterocycles. The molecule has 1 fully saturated rings. The second-order valence-electron chi connectivity index (χ2n) is 4.22. The summed E-state index contributed by atoms with van der Waals surface area (Å²) in [6.45, 7) is 0.0799. The van der Waals surface area contributed by atoms with Gasteiger partial charge in [-0.2, -0.15) is 0 Å². The fourth-order valence-electron chi connectivity index (χ4n) is 2.18. The second kappa shape index (κ2) is 4.97. The van der Waals surface area contributed by atoms with Gasteiger partial charge in [-0.1, -0.05) is 0 Å². The molecule has 1 amide bonds. The molecule has 98 valence electrons. The van der Waals surface area contributed by atoms with Gasteiger partial charge in [0.05, 0.1) is 12.6 Å². The molecule has 0 spiro atoms. The molecule has 1 aromatic carbocycles. The van der Waals surface area contributed by atoms with Crippen molar-refractivity contribution in [2.45, 2.75) is 18.9 Å². The van der Waals surface area contributed by atoms with Crippen LogP contribution in [-0.4, -0.2) is 35.1 Å². The van der Waals surface area contributed by atoms with E-state index in [1.54, 1.807) is 0 Å². The number of carbonyl (C=O) groups excluding carboxylic acids is 1. The van der Waals surface area contributed by atoms with Crippen molar-refractivity contribution in [2.75, 3.05) is 13.2 Å². The van der Waals surface area contributed by atoms with Gasteiger partial charge in [0.2, 0.25) is 0 Å². The van der Waals surface area contributed by atoms with Gasteiger partial charge in [0.1, 0.15) is 23.0 Å². The maximum Gasteiger partial charge on any atom is 0.260 e. The van der Waals surface area contributed by atoms with Gasteiger partial charge in [0.25, 0.3) is 5.91 Å². The minimum absolute atomic E-state index is 0.254. The Morgan fingerprint density at radius 1 is 1.33 bits per heavy atom. The minimum Gasteiger partial charge on any atom is -0.394 e. The van der Waals surface area contributed by atoms with Crippen LogP contribution < -0.4 is 0 Å². The fraction of sp³-hybridized carbons (Fsp3) is 0.417. The molecular weight excluding hydrogens is 247 g/mol. The van der Waals surface area contributed by atoms with Crippen molar-refractivity contribution in [3.63, 3.8) is 0 Å². The Morgan fingerprint density at radius 3 is 2.50 bits per heavy atom. The highest BCUT2D eigenvalue weighted by atomic mass is 19.1. The smallest absolute Gasteiger partial charge is 0.260 e.